The Morgan fingerprint density at radius 3 is 2.38 bits per heavy atom. The van der Waals surface area contributed by atoms with Crippen LogP contribution in [-0.2, 0) is 9.59 Å². The molecule has 0 radical (unpaired) electrons. The highest BCUT2D eigenvalue weighted by atomic mass is 16.5. The summed E-state index contributed by atoms with van der Waals surface area (Å²) in [4.78, 5) is 27.3. The fourth-order valence-electron chi connectivity index (χ4n) is 4.84. The number of ether oxygens (including phenoxy) is 1. The topological polar surface area (TPSA) is 105 Å². The molecule has 4 rings (SSSR count). The Morgan fingerprint density at radius 1 is 1.03 bits per heavy atom. The van der Waals surface area contributed by atoms with Crippen molar-refractivity contribution in [2.75, 3.05) is 23.9 Å². The first kappa shape index (κ1) is 26.4. The van der Waals surface area contributed by atoms with Crippen LogP contribution in [0.3, 0.4) is 0 Å². The first-order chi connectivity index (χ1) is 18.0. The molecule has 7 nitrogen and oxygen atoms in total. The summed E-state index contributed by atoms with van der Waals surface area (Å²) >= 11 is 0. The lowest BCUT2D eigenvalue weighted by molar-refractivity contribution is -0.131. The Kier molecular flexibility index (Phi) is 8.93. The Balaban J connectivity index is 1.48. The Bertz CT molecular complexity index is 1170. The maximum atomic E-state index is 13.4. The summed E-state index contributed by atoms with van der Waals surface area (Å²) in [5, 5.41) is 13.6. The molecule has 0 saturated carbocycles. The molecule has 4 N–H and O–H groups in total. The van der Waals surface area contributed by atoms with Gasteiger partial charge in [-0.25, -0.2) is 0 Å². The quantitative estimate of drug-likeness (QED) is 0.240. The lowest BCUT2D eigenvalue weighted by Gasteiger charge is -2.48. The number of β-lactam (4-membered cyclic amide) rings is 1. The molecule has 1 aliphatic heterocycles. The number of amides is 2. The standard InChI is InChI=1S/C30H35N3O4/c1-37-25-16-10-22(11-17-25)29-26(18-19-27(34)21-7-3-2-4-8-21)30(36)33(29)24-14-12-23(13-15-24)32-28(35)9-5-6-20-31/h2-4,7-8,10-17,26-27,29,34H,5-6,9,18-20,31H2,1H3,(H,32,35)/t26-,27+,29-/m1/s1. The molecular formula is C30H35N3O4. The van der Waals surface area contributed by atoms with Crippen LogP contribution in [0.2, 0.25) is 0 Å². The first-order valence-corrected chi connectivity index (χ1v) is 12.8. The number of unbranched alkanes of at least 4 members (excludes halogenated alkanes) is 1. The maximum absolute atomic E-state index is 13.4. The van der Waals surface area contributed by atoms with E-state index < -0.39 is 6.10 Å². The normalized spacial score (nSPS) is 17.7. The van der Waals surface area contributed by atoms with E-state index >= 15 is 0 Å². The van der Waals surface area contributed by atoms with Gasteiger partial charge in [0, 0.05) is 17.8 Å². The fourth-order valence-corrected chi connectivity index (χ4v) is 4.84. The second-order valence-electron chi connectivity index (χ2n) is 9.38. The fraction of sp³-hybridized carbons (Fsp3) is 0.333. The number of hydrogen-bond acceptors (Lipinski definition) is 5. The monoisotopic (exact) mass is 501 g/mol. The third kappa shape index (κ3) is 6.37. The van der Waals surface area contributed by atoms with Gasteiger partial charge in [-0.05, 0) is 79.8 Å². The summed E-state index contributed by atoms with van der Waals surface area (Å²) < 4.78 is 5.31. The van der Waals surface area contributed by atoms with Gasteiger partial charge in [-0.3, -0.25) is 9.59 Å². The molecule has 3 aromatic carbocycles. The molecule has 3 aromatic rings. The zero-order valence-electron chi connectivity index (χ0n) is 21.2. The predicted octanol–water partition coefficient (Wildman–Crippen LogP) is 4.98. The number of methoxy groups -OCH3 is 1. The molecule has 3 atom stereocenters. The van der Waals surface area contributed by atoms with Gasteiger partial charge >= 0.3 is 0 Å². The van der Waals surface area contributed by atoms with Crippen molar-refractivity contribution in [3.05, 3.63) is 90.0 Å². The van der Waals surface area contributed by atoms with Crippen molar-refractivity contribution in [1.82, 2.24) is 0 Å². The minimum absolute atomic E-state index is 0.0275. The number of aliphatic hydroxyl groups is 1. The van der Waals surface area contributed by atoms with Crippen LogP contribution in [0.25, 0.3) is 0 Å². The van der Waals surface area contributed by atoms with E-state index in [1.54, 1.807) is 12.0 Å². The van der Waals surface area contributed by atoms with Gasteiger partial charge in [-0.2, -0.15) is 0 Å². The van der Waals surface area contributed by atoms with Crippen molar-refractivity contribution in [3.63, 3.8) is 0 Å². The van der Waals surface area contributed by atoms with Crippen LogP contribution in [0, 0.1) is 5.92 Å². The van der Waals surface area contributed by atoms with E-state index in [1.165, 1.54) is 0 Å². The molecule has 0 aliphatic carbocycles. The van der Waals surface area contributed by atoms with Crippen molar-refractivity contribution in [3.8, 4) is 5.75 Å². The largest absolute Gasteiger partial charge is 0.497 e. The zero-order chi connectivity index (χ0) is 26.2. The van der Waals surface area contributed by atoms with Crippen LogP contribution in [0.1, 0.15) is 55.4 Å². The number of aliphatic hydroxyl groups excluding tert-OH is 1. The number of carbonyl (C=O) groups is 2. The number of nitrogens with zero attached hydrogens (tertiary/aromatic N) is 1. The number of nitrogens with two attached hydrogens (primary N) is 1. The molecule has 194 valence electrons. The molecule has 0 aromatic heterocycles. The van der Waals surface area contributed by atoms with Crippen molar-refractivity contribution < 1.29 is 19.4 Å². The lowest BCUT2D eigenvalue weighted by Crippen LogP contribution is -2.55. The molecule has 37 heavy (non-hydrogen) atoms. The van der Waals surface area contributed by atoms with E-state index in [2.05, 4.69) is 5.32 Å². The molecule has 0 bridgehead atoms. The van der Waals surface area contributed by atoms with Crippen molar-refractivity contribution in [2.24, 2.45) is 11.7 Å². The summed E-state index contributed by atoms with van der Waals surface area (Å²) in [6.45, 7) is 0.577. The van der Waals surface area contributed by atoms with Crippen molar-refractivity contribution in [2.45, 2.75) is 44.2 Å². The summed E-state index contributed by atoms with van der Waals surface area (Å²) in [7, 11) is 1.63. The van der Waals surface area contributed by atoms with E-state index in [4.69, 9.17) is 10.5 Å². The third-order valence-electron chi connectivity index (χ3n) is 6.89. The van der Waals surface area contributed by atoms with E-state index in [9.17, 15) is 14.7 Å². The zero-order valence-corrected chi connectivity index (χ0v) is 21.2. The highest BCUT2D eigenvalue weighted by Crippen LogP contribution is 2.46. The Labute approximate surface area is 218 Å². The maximum Gasteiger partial charge on any atom is 0.233 e. The first-order valence-electron chi connectivity index (χ1n) is 12.8. The number of hydrogen-bond donors (Lipinski definition) is 3. The van der Waals surface area contributed by atoms with Crippen molar-refractivity contribution >= 4 is 23.2 Å². The van der Waals surface area contributed by atoms with E-state index in [0.717, 1.165) is 35.4 Å². The van der Waals surface area contributed by atoms with Crippen molar-refractivity contribution in [1.29, 1.82) is 0 Å². The van der Waals surface area contributed by atoms with Gasteiger partial charge in [0.2, 0.25) is 11.8 Å². The van der Waals surface area contributed by atoms with Gasteiger partial charge in [0.05, 0.1) is 25.2 Å². The van der Waals surface area contributed by atoms with Crippen LogP contribution in [-0.4, -0.2) is 30.6 Å². The molecule has 7 heteroatoms. The van der Waals surface area contributed by atoms with Crippen LogP contribution in [0.4, 0.5) is 11.4 Å². The van der Waals surface area contributed by atoms with Gasteiger partial charge < -0.3 is 25.8 Å². The molecule has 1 aliphatic rings. The summed E-state index contributed by atoms with van der Waals surface area (Å²) in [6, 6.07) is 24.5. The number of nitrogens with one attached hydrogen (secondary N) is 1. The molecule has 2 amide bonds. The highest BCUT2D eigenvalue weighted by molar-refractivity contribution is 6.03. The summed E-state index contributed by atoms with van der Waals surface area (Å²) in [5.74, 6) is 0.492. The van der Waals surface area contributed by atoms with Crippen LogP contribution in [0.5, 0.6) is 5.75 Å². The second-order valence-corrected chi connectivity index (χ2v) is 9.38. The molecule has 1 fully saturated rings. The molecule has 1 heterocycles. The minimum atomic E-state index is -0.618. The van der Waals surface area contributed by atoms with Crippen LogP contribution >= 0.6 is 0 Å². The lowest BCUT2D eigenvalue weighted by atomic mass is 9.78. The summed E-state index contributed by atoms with van der Waals surface area (Å²) in [6.07, 6.45) is 2.45. The summed E-state index contributed by atoms with van der Waals surface area (Å²) in [5.41, 5.74) is 8.83. The third-order valence-corrected chi connectivity index (χ3v) is 6.89. The van der Waals surface area contributed by atoms with E-state index in [1.807, 2.05) is 78.9 Å². The second kappa shape index (κ2) is 12.5. The molecular weight excluding hydrogens is 466 g/mol. The number of rotatable bonds is 12. The van der Waals surface area contributed by atoms with Gasteiger partial charge in [0.1, 0.15) is 5.75 Å². The van der Waals surface area contributed by atoms with Gasteiger partial charge in [-0.1, -0.05) is 42.5 Å². The molecule has 1 saturated heterocycles. The van der Waals surface area contributed by atoms with E-state index in [-0.39, 0.29) is 23.8 Å². The van der Waals surface area contributed by atoms with Gasteiger partial charge in [-0.15, -0.1) is 0 Å². The Hall–Kier alpha value is -3.68. The Morgan fingerprint density at radius 2 is 1.73 bits per heavy atom. The van der Waals surface area contributed by atoms with E-state index in [0.29, 0.717) is 31.5 Å². The molecule has 0 spiro atoms. The number of benzene rings is 3. The highest BCUT2D eigenvalue weighted by Gasteiger charge is 2.48. The average molecular weight is 502 g/mol. The predicted molar refractivity (Wildman–Crippen MR) is 145 cm³/mol. The number of anilines is 2. The van der Waals surface area contributed by atoms with Crippen LogP contribution in [0.15, 0.2) is 78.9 Å². The van der Waals surface area contributed by atoms with Crippen LogP contribution < -0.4 is 20.7 Å². The molecule has 0 unspecified atom stereocenters. The average Bonchev–Trinajstić information content (AvgIpc) is 2.93. The smallest absolute Gasteiger partial charge is 0.233 e. The SMILES string of the molecule is COc1ccc([C@@H]2[C@@H](CC[C@H](O)c3ccccc3)C(=O)N2c2ccc(NC(=O)CCCCN)cc2)cc1. The number of carbonyl (C=O) groups excluding carboxylic acids is 2. The minimum Gasteiger partial charge on any atom is -0.497 e. The van der Waals surface area contributed by atoms with Gasteiger partial charge in [0.15, 0.2) is 0 Å². The van der Waals surface area contributed by atoms with Gasteiger partial charge in [0.25, 0.3) is 0 Å².